The molecule has 1 aromatic carbocycles. The lowest BCUT2D eigenvalue weighted by Crippen LogP contribution is -2.25. The van der Waals surface area contributed by atoms with Crippen LogP contribution in [0, 0.1) is 5.92 Å². The summed E-state index contributed by atoms with van der Waals surface area (Å²) in [6.07, 6.45) is -2.65. The van der Waals surface area contributed by atoms with E-state index in [2.05, 4.69) is 0 Å². The lowest BCUT2D eigenvalue weighted by Gasteiger charge is -2.25. The van der Waals surface area contributed by atoms with E-state index in [1.54, 1.807) is 0 Å². The third kappa shape index (κ3) is 3.15. The molecule has 2 rings (SSSR count). The molecule has 2 nitrogen and oxygen atoms in total. The largest absolute Gasteiger partial charge is 0.416 e. The molecule has 0 spiro atoms. The van der Waals surface area contributed by atoms with Crippen molar-refractivity contribution in [1.82, 2.24) is 0 Å². The lowest BCUT2D eigenvalue weighted by molar-refractivity contribution is -0.137. The normalized spacial score (nSPS) is 22.3. The molecule has 5 heteroatoms. The fourth-order valence-corrected chi connectivity index (χ4v) is 2.45. The van der Waals surface area contributed by atoms with E-state index in [0.717, 1.165) is 25.0 Å². The molecular weight excluding hydrogens is 257 g/mol. The zero-order chi connectivity index (χ0) is 14.0. The Morgan fingerprint density at radius 3 is 2.32 bits per heavy atom. The van der Waals surface area contributed by atoms with Gasteiger partial charge in [0, 0.05) is 12.3 Å². The summed E-state index contributed by atoms with van der Waals surface area (Å²) in [5.41, 5.74) is -0.383. The van der Waals surface area contributed by atoms with Crippen molar-refractivity contribution >= 4 is 5.78 Å². The molecule has 0 radical (unpaired) electrons. The Labute approximate surface area is 109 Å². The van der Waals surface area contributed by atoms with Crippen LogP contribution in [0.4, 0.5) is 13.2 Å². The number of Topliss-reactive ketones (excluding diaryl/α,β-unsaturated/α-hetero) is 1. The van der Waals surface area contributed by atoms with Gasteiger partial charge in [-0.25, -0.2) is 0 Å². The smallest absolute Gasteiger partial charge is 0.388 e. The average Bonchev–Trinajstić information content (AvgIpc) is 2.38. The quantitative estimate of drug-likeness (QED) is 0.894. The van der Waals surface area contributed by atoms with Gasteiger partial charge in [0.1, 0.15) is 5.78 Å². The number of aliphatic hydroxyl groups excluding tert-OH is 1. The summed E-state index contributed by atoms with van der Waals surface area (Å²) in [5, 5.41) is 10.1. The van der Waals surface area contributed by atoms with E-state index in [1.165, 1.54) is 12.1 Å². The van der Waals surface area contributed by atoms with Crippen LogP contribution in [0.3, 0.4) is 0 Å². The summed E-state index contributed by atoms with van der Waals surface area (Å²) < 4.78 is 37.3. The molecule has 0 amide bonds. The fourth-order valence-electron chi connectivity index (χ4n) is 2.45. The highest BCUT2D eigenvalue weighted by molar-refractivity contribution is 5.82. The van der Waals surface area contributed by atoms with Crippen molar-refractivity contribution < 1.29 is 23.1 Å². The summed E-state index contributed by atoms with van der Waals surface area (Å²) in [6.45, 7) is 0. The first kappa shape index (κ1) is 14.1. The minimum absolute atomic E-state index is 0.00125. The van der Waals surface area contributed by atoms with Gasteiger partial charge < -0.3 is 5.11 Å². The highest BCUT2D eigenvalue weighted by atomic mass is 19.4. The molecule has 0 aromatic heterocycles. The van der Waals surface area contributed by atoms with Gasteiger partial charge >= 0.3 is 6.18 Å². The first-order valence-corrected chi connectivity index (χ1v) is 6.27. The third-order valence-corrected chi connectivity index (χ3v) is 3.56. The average molecular weight is 272 g/mol. The Hall–Kier alpha value is -1.36. The number of carbonyl (C=O) groups excluding carboxylic acids is 1. The number of carbonyl (C=O) groups is 1. The van der Waals surface area contributed by atoms with Gasteiger partial charge in [-0.1, -0.05) is 18.6 Å². The highest BCUT2D eigenvalue weighted by Crippen LogP contribution is 2.34. The predicted octanol–water partition coefficient (Wildman–Crippen LogP) is 3.50. The van der Waals surface area contributed by atoms with Crippen LogP contribution in [0.2, 0.25) is 0 Å². The van der Waals surface area contributed by atoms with Crippen LogP contribution in [0.15, 0.2) is 24.3 Å². The van der Waals surface area contributed by atoms with Crippen LogP contribution in [-0.4, -0.2) is 10.9 Å². The van der Waals surface area contributed by atoms with Crippen molar-refractivity contribution in [3.05, 3.63) is 35.4 Å². The molecule has 1 aliphatic carbocycles. The second kappa shape index (κ2) is 5.33. The van der Waals surface area contributed by atoms with Crippen LogP contribution in [0.1, 0.15) is 42.9 Å². The first-order chi connectivity index (χ1) is 8.89. The topological polar surface area (TPSA) is 37.3 Å². The van der Waals surface area contributed by atoms with Crippen LogP contribution in [-0.2, 0) is 11.0 Å². The predicted molar refractivity (Wildman–Crippen MR) is 63.4 cm³/mol. The Kier molecular flexibility index (Phi) is 3.94. The number of ketones is 1. The number of hydrogen-bond donors (Lipinski definition) is 1. The molecule has 1 saturated carbocycles. The van der Waals surface area contributed by atoms with Gasteiger partial charge in [-0.3, -0.25) is 4.79 Å². The van der Waals surface area contributed by atoms with E-state index in [4.69, 9.17) is 0 Å². The Morgan fingerprint density at radius 1 is 1.16 bits per heavy atom. The van der Waals surface area contributed by atoms with E-state index in [9.17, 15) is 23.1 Å². The molecule has 104 valence electrons. The summed E-state index contributed by atoms with van der Waals surface area (Å²) >= 11 is 0. The zero-order valence-electron chi connectivity index (χ0n) is 10.3. The molecule has 1 unspecified atom stereocenters. The van der Waals surface area contributed by atoms with E-state index in [1.807, 2.05) is 0 Å². The number of hydrogen-bond acceptors (Lipinski definition) is 2. The van der Waals surface area contributed by atoms with Crippen molar-refractivity contribution in [2.75, 3.05) is 0 Å². The van der Waals surface area contributed by atoms with Gasteiger partial charge in [0.05, 0.1) is 11.7 Å². The minimum atomic E-state index is -4.38. The maximum atomic E-state index is 12.4. The first-order valence-electron chi connectivity index (χ1n) is 6.27. The van der Waals surface area contributed by atoms with Crippen LogP contribution < -0.4 is 0 Å². The molecule has 0 heterocycles. The molecule has 1 N–H and O–H groups in total. The number of alkyl halides is 3. The standard InChI is InChI=1S/C14H15F3O2/c15-14(16,17)10-7-5-9(6-8-10)13(19)11-3-1-2-4-12(11)18/h5-8,11,13,19H,1-4H2/t11?,13-/m0/s1. The molecular formula is C14H15F3O2. The summed E-state index contributed by atoms with van der Waals surface area (Å²) in [5.74, 6) is -0.482. The monoisotopic (exact) mass is 272 g/mol. The molecule has 0 saturated heterocycles. The SMILES string of the molecule is O=C1CCCCC1[C@@H](O)c1ccc(C(F)(F)F)cc1. The molecule has 19 heavy (non-hydrogen) atoms. The van der Waals surface area contributed by atoms with E-state index in [0.29, 0.717) is 18.4 Å². The van der Waals surface area contributed by atoms with Crippen molar-refractivity contribution in [2.45, 2.75) is 38.0 Å². The Morgan fingerprint density at radius 2 is 1.79 bits per heavy atom. The summed E-state index contributed by atoms with van der Waals surface area (Å²) in [6, 6.07) is 4.36. The van der Waals surface area contributed by atoms with Gasteiger partial charge in [-0.2, -0.15) is 13.2 Å². The van der Waals surface area contributed by atoms with Crippen molar-refractivity contribution in [2.24, 2.45) is 5.92 Å². The molecule has 1 fully saturated rings. The zero-order valence-corrected chi connectivity index (χ0v) is 10.3. The highest BCUT2D eigenvalue weighted by Gasteiger charge is 2.32. The number of rotatable bonds is 2. The van der Waals surface area contributed by atoms with Gasteiger partial charge in [0.2, 0.25) is 0 Å². The van der Waals surface area contributed by atoms with Gasteiger partial charge in [0.25, 0.3) is 0 Å². The third-order valence-electron chi connectivity index (χ3n) is 3.56. The number of benzene rings is 1. The van der Waals surface area contributed by atoms with E-state index in [-0.39, 0.29) is 5.78 Å². The fraction of sp³-hybridized carbons (Fsp3) is 0.500. The molecule has 2 atom stereocenters. The maximum Gasteiger partial charge on any atom is 0.416 e. The number of aliphatic hydroxyl groups is 1. The molecule has 0 bridgehead atoms. The van der Waals surface area contributed by atoms with Crippen molar-refractivity contribution in [3.63, 3.8) is 0 Å². The van der Waals surface area contributed by atoms with Crippen LogP contribution >= 0.6 is 0 Å². The van der Waals surface area contributed by atoms with E-state index >= 15 is 0 Å². The summed E-state index contributed by atoms with van der Waals surface area (Å²) in [4.78, 5) is 11.7. The van der Waals surface area contributed by atoms with Crippen LogP contribution in [0.25, 0.3) is 0 Å². The Bertz CT molecular complexity index is 451. The molecule has 1 aliphatic rings. The maximum absolute atomic E-state index is 12.4. The van der Waals surface area contributed by atoms with Gasteiger partial charge in [-0.15, -0.1) is 0 Å². The second-order valence-corrected chi connectivity index (χ2v) is 4.88. The summed E-state index contributed by atoms with van der Waals surface area (Å²) in [7, 11) is 0. The molecule has 0 aliphatic heterocycles. The van der Waals surface area contributed by atoms with Gasteiger partial charge in [-0.05, 0) is 30.5 Å². The van der Waals surface area contributed by atoms with Gasteiger partial charge in [0.15, 0.2) is 0 Å². The second-order valence-electron chi connectivity index (χ2n) is 4.88. The molecule has 1 aromatic rings. The number of halogens is 3. The lowest BCUT2D eigenvalue weighted by atomic mass is 9.81. The van der Waals surface area contributed by atoms with Crippen LogP contribution in [0.5, 0.6) is 0 Å². The van der Waals surface area contributed by atoms with Crippen molar-refractivity contribution in [1.29, 1.82) is 0 Å². The van der Waals surface area contributed by atoms with E-state index < -0.39 is 23.8 Å². The minimum Gasteiger partial charge on any atom is -0.388 e. The van der Waals surface area contributed by atoms with Crippen molar-refractivity contribution in [3.8, 4) is 0 Å². The Balaban J connectivity index is 2.15.